The van der Waals surface area contributed by atoms with Gasteiger partial charge in [-0.1, -0.05) is 11.6 Å². The highest BCUT2D eigenvalue weighted by Crippen LogP contribution is 2.18. The van der Waals surface area contributed by atoms with Gasteiger partial charge in [0, 0.05) is 30.0 Å². The zero-order chi connectivity index (χ0) is 12.3. The Balaban J connectivity index is 2.05. The van der Waals surface area contributed by atoms with Gasteiger partial charge >= 0.3 is 0 Å². The summed E-state index contributed by atoms with van der Waals surface area (Å²) in [6, 6.07) is 5.06. The van der Waals surface area contributed by atoms with Crippen molar-refractivity contribution in [2.24, 2.45) is 0 Å². The van der Waals surface area contributed by atoms with E-state index in [1.54, 1.807) is 18.2 Å². The van der Waals surface area contributed by atoms with Crippen LogP contribution in [0.25, 0.3) is 0 Å². The minimum absolute atomic E-state index is 0.162. The predicted molar refractivity (Wildman–Crippen MR) is 67.2 cm³/mol. The van der Waals surface area contributed by atoms with Crippen LogP contribution in [0, 0.1) is 0 Å². The summed E-state index contributed by atoms with van der Waals surface area (Å²) in [5.41, 5.74) is 6.63. The predicted octanol–water partition coefficient (Wildman–Crippen LogP) is 1.83. The quantitative estimate of drug-likeness (QED) is 0.792. The van der Waals surface area contributed by atoms with Crippen LogP contribution in [0.2, 0.25) is 5.02 Å². The largest absolute Gasteiger partial charge is 0.398 e. The molecule has 1 amide bonds. The molecule has 0 saturated carbocycles. The van der Waals surface area contributed by atoms with Crippen LogP contribution in [-0.4, -0.2) is 25.2 Å². The SMILES string of the molecule is Nc1ccc(Cl)cc1C(=O)NC1CCOCC1. The topological polar surface area (TPSA) is 64.4 Å². The fourth-order valence-corrected chi connectivity index (χ4v) is 2.00. The van der Waals surface area contributed by atoms with Crippen molar-refractivity contribution in [2.75, 3.05) is 18.9 Å². The van der Waals surface area contributed by atoms with E-state index in [0.717, 1.165) is 12.8 Å². The van der Waals surface area contributed by atoms with Crippen LogP contribution in [0.5, 0.6) is 0 Å². The van der Waals surface area contributed by atoms with E-state index in [1.807, 2.05) is 0 Å². The third-order valence-corrected chi connectivity index (χ3v) is 3.05. The number of amides is 1. The van der Waals surface area contributed by atoms with Crippen molar-refractivity contribution >= 4 is 23.2 Å². The summed E-state index contributed by atoms with van der Waals surface area (Å²) in [7, 11) is 0. The molecule has 3 N–H and O–H groups in total. The molecule has 92 valence electrons. The van der Waals surface area contributed by atoms with Crippen LogP contribution in [-0.2, 0) is 4.74 Å². The molecular formula is C12H15ClN2O2. The van der Waals surface area contributed by atoms with Crippen molar-refractivity contribution < 1.29 is 9.53 Å². The summed E-state index contributed by atoms with van der Waals surface area (Å²) >= 11 is 5.85. The number of carbonyl (C=O) groups excluding carboxylic acids is 1. The van der Waals surface area contributed by atoms with Gasteiger partial charge in [-0.15, -0.1) is 0 Å². The monoisotopic (exact) mass is 254 g/mol. The fourth-order valence-electron chi connectivity index (χ4n) is 1.83. The Bertz CT molecular complexity index is 417. The maximum Gasteiger partial charge on any atom is 0.253 e. The minimum atomic E-state index is -0.170. The first-order chi connectivity index (χ1) is 8.16. The molecule has 1 saturated heterocycles. The number of hydrogen-bond acceptors (Lipinski definition) is 3. The molecule has 0 spiro atoms. The number of halogens is 1. The molecule has 1 aromatic carbocycles. The second-order valence-corrected chi connectivity index (χ2v) is 4.53. The Kier molecular flexibility index (Phi) is 3.86. The molecule has 0 aromatic heterocycles. The summed E-state index contributed by atoms with van der Waals surface area (Å²) in [6.45, 7) is 1.38. The van der Waals surface area contributed by atoms with Crippen LogP contribution >= 0.6 is 11.6 Å². The molecule has 0 unspecified atom stereocenters. The smallest absolute Gasteiger partial charge is 0.253 e. The third kappa shape index (κ3) is 3.11. The number of benzene rings is 1. The molecule has 1 aliphatic rings. The van der Waals surface area contributed by atoms with E-state index in [1.165, 1.54) is 0 Å². The van der Waals surface area contributed by atoms with Gasteiger partial charge in [0.2, 0.25) is 0 Å². The lowest BCUT2D eigenvalue weighted by molar-refractivity contribution is 0.0697. The van der Waals surface area contributed by atoms with Crippen molar-refractivity contribution in [3.8, 4) is 0 Å². The van der Waals surface area contributed by atoms with Gasteiger partial charge in [-0.05, 0) is 31.0 Å². The van der Waals surface area contributed by atoms with Gasteiger partial charge in [0.25, 0.3) is 5.91 Å². The zero-order valence-corrected chi connectivity index (χ0v) is 10.2. The molecule has 4 nitrogen and oxygen atoms in total. The van der Waals surface area contributed by atoms with Crippen molar-refractivity contribution in [2.45, 2.75) is 18.9 Å². The Morgan fingerprint density at radius 2 is 2.12 bits per heavy atom. The van der Waals surface area contributed by atoms with Crippen molar-refractivity contribution in [1.29, 1.82) is 0 Å². The molecule has 0 radical (unpaired) electrons. The van der Waals surface area contributed by atoms with Crippen molar-refractivity contribution in [1.82, 2.24) is 5.32 Å². The van der Waals surface area contributed by atoms with E-state index in [2.05, 4.69) is 5.32 Å². The molecule has 2 rings (SSSR count). The zero-order valence-electron chi connectivity index (χ0n) is 9.41. The maximum atomic E-state index is 12.0. The Labute approximate surface area is 105 Å². The average Bonchev–Trinajstić information content (AvgIpc) is 2.33. The van der Waals surface area contributed by atoms with E-state index >= 15 is 0 Å². The van der Waals surface area contributed by atoms with Gasteiger partial charge in [-0.2, -0.15) is 0 Å². The van der Waals surface area contributed by atoms with Crippen LogP contribution < -0.4 is 11.1 Å². The van der Waals surface area contributed by atoms with Gasteiger partial charge in [-0.3, -0.25) is 4.79 Å². The number of carbonyl (C=O) groups is 1. The first-order valence-electron chi connectivity index (χ1n) is 5.60. The molecule has 0 bridgehead atoms. The van der Waals surface area contributed by atoms with Gasteiger partial charge in [0.1, 0.15) is 0 Å². The highest BCUT2D eigenvalue weighted by Gasteiger charge is 2.18. The van der Waals surface area contributed by atoms with Crippen LogP contribution in [0.4, 0.5) is 5.69 Å². The second-order valence-electron chi connectivity index (χ2n) is 4.09. The highest BCUT2D eigenvalue weighted by molar-refractivity contribution is 6.31. The standard InChI is InChI=1S/C12H15ClN2O2/c13-8-1-2-11(14)10(7-8)12(16)15-9-3-5-17-6-4-9/h1-2,7,9H,3-6,14H2,(H,15,16). The summed E-state index contributed by atoms with van der Waals surface area (Å²) in [5, 5.41) is 3.46. The van der Waals surface area contributed by atoms with Gasteiger partial charge in [0.05, 0.1) is 5.56 Å². The summed E-state index contributed by atoms with van der Waals surface area (Å²) in [4.78, 5) is 12.0. The number of hydrogen-bond donors (Lipinski definition) is 2. The fraction of sp³-hybridized carbons (Fsp3) is 0.417. The van der Waals surface area contributed by atoms with E-state index in [0.29, 0.717) is 29.5 Å². The molecule has 1 aliphatic heterocycles. The number of anilines is 1. The third-order valence-electron chi connectivity index (χ3n) is 2.82. The number of nitrogen functional groups attached to an aromatic ring is 1. The van der Waals surface area contributed by atoms with E-state index < -0.39 is 0 Å². The number of ether oxygens (including phenoxy) is 1. The molecule has 0 atom stereocenters. The van der Waals surface area contributed by atoms with E-state index in [4.69, 9.17) is 22.1 Å². The van der Waals surface area contributed by atoms with Crippen LogP contribution in [0.1, 0.15) is 23.2 Å². The van der Waals surface area contributed by atoms with Gasteiger partial charge in [-0.25, -0.2) is 0 Å². The minimum Gasteiger partial charge on any atom is -0.398 e. The van der Waals surface area contributed by atoms with Gasteiger partial charge < -0.3 is 15.8 Å². The molecule has 1 aromatic rings. The molecule has 0 aliphatic carbocycles. The van der Waals surface area contributed by atoms with E-state index in [-0.39, 0.29) is 11.9 Å². The lowest BCUT2D eigenvalue weighted by Gasteiger charge is -2.23. The van der Waals surface area contributed by atoms with Crippen LogP contribution in [0.3, 0.4) is 0 Å². The Morgan fingerprint density at radius 1 is 1.41 bits per heavy atom. The second kappa shape index (κ2) is 5.38. The normalized spacial score (nSPS) is 16.8. The summed E-state index contributed by atoms with van der Waals surface area (Å²) in [6.07, 6.45) is 1.68. The maximum absolute atomic E-state index is 12.0. The number of nitrogens with two attached hydrogens (primary N) is 1. The molecular weight excluding hydrogens is 240 g/mol. The molecule has 1 fully saturated rings. The van der Waals surface area contributed by atoms with Crippen molar-refractivity contribution in [3.05, 3.63) is 28.8 Å². The average molecular weight is 255 g/mol. The lowest BCUT2D eigenvalue weighted by atomic mass is 10.1. The number of nitrogens with one attached hydrogen (secondary N) is 1. The summed E-state index contributed by atoms with van der Waals surface area (Å²) in [5.74, 6) is -0.170. The first-order valence-corrected chi connectivity index (χ1v) is 5.98. The van der Waals surface area contributed by atoms with Gasteiger partial charge in [0.15, 0.2) is 0 Å². The number of rotatable bonds is 2. The Morgan fingerprint density at radius 3 is 2.82 bits per heavy atom. The lowest BCUT2D eigenvalue weighted by Crippen LogP contribution is -2.39. The Hall–Kier alpha value is -1.26. The highest BCUT2D eigenvalue weighted by atomic mass is 35.5. The van der Waals surface area contributed by atoms with Crippen molar-refractivity contribution in [3.63, 3.8) is 0 Å². The molecule has 17 heavy (non-hydrogen) atoms. The van der Waals surface area contributed by atoms with E-state index in [9.17, 15) is 4.79 Å². The summed E-state index contributed by atoms with van der Waals surface area (Å²) < 4.78 is 5.23. The first kappa shape index (κ1) is 12.2. The molecule has 5 heteroatoms. The van der Waals surface area contributed by atoms with Crippen LogP contribution in [0.15, 0.2) is 18.2 Å². The molecule has 1 heterocycles.